The number of aliphatic hydroxyl groups is 4. The van der Waals surface area contributed by atoms with E-state index in [1.165, 1.54) is 36.4 Å². The van der Waals surface area contributed by atoms with Crippen LogP contribution in [0.25, 0.3) is 22.3 Å². The van der Waals surface area contributed by atoms with Crippen molar-refractivity contribution in [3.63, 3.8) is 0 Å². The minimum Gasteiger partial charge on any atom is -0.388 e. The zero-order valence-corrected chi connectivity index (χ0v) is 28.2. The van der Waals surface area contributed by atoms with E-state index in [4.69, 9.17) is 29.8 Å². The fraction of sp³-hybridized carbons (Fsp3) is 0.583. The summed E-state index contributed by atoms with van der Waals surface area (Å²) in [6.07, 6.45) is -10.3. The van der Waals surface area contributed by atoms with E-state index in [0.29, 0.717) is 0 Å². The number of hydrogen-bond donors (Lipinski definition) is 10. The number of nitrogens with two attached hydrogens (primary N) is 2. The Bertz CT molecular complexity index is 2170. The second-order valence-corrected chi connectivity index (χ2v) is 16.6. The molecular weight excluding hydrogens is 714 g/mol. The molecule has 26 heteroatoms. The van der Waals surface area contributed by atoms with Gasteiger partial charge >= 0.3 is 21.1 Å². The summed E-state index contributed by atoms with van der Waals surface area (Å²) in [6, 6.07) is 0. The van der Waals surface area contributed by atoms with E-state index in [0.717, 1.165) is 10.9 Å². The van der Waals surface area contributed by atoms with Gasteiger partial charge in [0.25, 0.3) is 17.1 Å². The van der Waals surface area contributed by atoms with E-state index in [-0.39, 0.29) is 34.2 Å². The molecule has 0 amide bonds. The third kappa shape index (κ3) is 6.27. The highest BCUT2D eigenvalue weighted by Gasteiger charge is 2.53. The van der Waals surface area contributed by atoms with Gasteiger partial charge in [0, 0.05) is 0 Å². The van der Waals surface area contributed by atoms with Crippen LogP contribution >= 0.6 is 15.4 Å². The van der Waals surface area contributed by atoms with Crippen LogP contribution in [0.4, 0.5) is 11.9 Å². The molecule has 5 unspecified atom stereocenters. The number of aromatic nitrogens is 8. The fourth-order valence-corrected chi connectivity index (χ4v) is 8.80. The summed E-state index contributed by atoms with van der Waals surface area (Å²) < 4.78 is 51.1. The van der Waals surface area contributed by atoms with Gasteiger partial charge in [0.05, 0.1) is 31.2 Å². The maximum Gasteiger partial charge on any atom is 0.479 e. The lowest BCUT2D eigenvalue weighted by Crippen LogP contribution is -2.46. The summed E-state index contributed by atoms with van der Waals surface area (Å²) >= 11 is 0. The van der Waals surface area contributed by atoms with Crippen LogP contribution in [-0.4, -0.2) is 113 Å². The number of phosphoric acid groups is 1. The Morgan fingerprint density at radius 2 is 1.62 bits per heavy atom. The average Bonchev–Trinajstić information content (AvgIpc) is 3.72. The minimum absolute atomic E-state index is 0.00336. The number of hydrogen-bond acceptors (Lipinski definition) is 17. The molecule has 2 saturated heterocycles. The Kier molecular flexibility index (Phi) is 9.07. The van der Waals surface area contributed by atoms with Crippen molar-refractivity contribution >= 4 is 49.6 Å². The first kappa shape index (κ1) is 36.2. The van der Waals surface area contributed by atoms with E-state index < -0.39 is 93.8 Å². The number of aryl methyl sites for hydroxylation is 1. The van der Waals surface area contributed by atoms with Crippen LogP contribution in [0.15, 0.2) is 22.2 Å². The number of aliphatic hydroxyl groups excluding tert-OH is 4. The molecule has 4 aromatic heterocycles. The number of imidazole rings is 2. The predicted octanol–water partition coefficient (Wildman–Crippen LogP) is -3.43. The molecule has 0 radical (unpaired) electrons. The number of rotatable bonds is 10. The third-order valence-electron chi connectivity index (χ3n) is 8.54. The summed E-state index contributed by atoms with van der Waals surface area (Å²) in [5, 5.41) is 40.9. The molecule has 24 nitrogen and oxygen atoms in total. The maximum atomic E-state index is 13.4. The van der Waals surface area contributed by atoms with Crippen molar-refractivity contribution in [3.8, 4) is 0 Å². The zero-order chi connectivity index (χ0) is 36.7. The molecule has 2 aliphatic rings. The molecule has 2 aliphatic heterocycles. The van der Waals surface area contributed by atoms with Crippen molar-refractivity contribution in [1.29, 1.82) is 0 Å². The van der Waals surface area contributed by atoms with Gasteiger partial charge in [-0.15, -0.1) is 0 Å². The van der Waals surface area contributed by atoms with Crippen molar-refractivity contribution < 1.29 is 62.2 Å². The van der Waals surface area contributed by atoms with Crippen molar-refractivity contribution in [3.05, 3.63) is 33.4 Å². The predicted molar refractivity (Wildman–Crippen MR) is 166 cm³/mol. The lowest BCUT2D eigenvalue weighted by molar-refractivity contribution is -0.745. The first-order valence-corrected chi connectivity index (χ1v) is 17.8. The van der Waals surface area contributed by atoms with E-state index in [1.54, 1.807) is 0 Å². The Labute approximate surface area is 279 Å². The molecule has 0 saturated carbocycles. The van der Waals surface area contributed by atoms with Crippen molar-refractivity contribution in [1.82, 2.24) is 34.1 Å². The highest BCUT2D eigenvalue weighted by molar-refractivity contribution is 7.65. The molecule has 0 aliphatic carbocycles. The summed E-state index contributed by atoms with van der Waals surface area (Å²) in [7, 11) is -9.03. The quantitative estimate of drug-likeness (QED) is 0.0557. The van der Waals surface area contributed by atoms with Gasteiger partial charge in [-0.25, -0.2) is 18.4 Å². The van der Waals surface area contributed by atoms with Gasteiger partial charge in [0.1, 0.15) is 30.5 Å². The standard InChI is InChI=1S/C24H34N10O14P2/c1-24(2,4-8-12(35)14(37)20(46-8)33-6-27-10-16(33)28-22(25)30-18(10)39)49(41,42)48-50(43,44)45-5-9-13(36)15(38)21(47-9)34-7-32(3)11-17(34)29-23(26)31-19(11)40/h6-9,12-15,20-21,35-38H,4-5H2,1-3H3,(H7-,25,26,28,29,30,31,39,40,41,42,43,44)/p+1/t8-,9-,12+,13?,14?,15?,20-,21-/m1/s1. The minimum atomic E-state index is -5.40. The molecule has 0 bridgehead atoms. The number of nitrogens with zero attached hydrogens (tertiary/aromatic N) is 6. The monoisotopic (exact) mass is 749 g/mol. The molecule has 2 fully saturated rings. The average molecular weight is 750 g/mol. The molecular formula is C24H35N10O14P2+. The molecule has 0 spiro atoms. The van der Waals surface area contributed by atoms with Crippen LogP contribution in [0.1, 0.15) is 32.7 Å². The highest BCUT2D eigenvalue weighted by Crippen LogP contribution is 2.67. The van der Waals surface area contributed by atoms with Crippen LogP contribution < -0.4 is 27.2 Å². The zero-order valence-electron chi connectivity index (χ0n) is 26.4. The number of ether oxygens (including phenoxy) is 2. The lowest BCUT2D eigenvalue weighted by atomic mass is 10.00. The van der Waals surface area contributed by atoms with E-state index in [2.05, 4.69) is 24.9 Å². The fourth-order valence-electron chi connectivity index (χ4n) is 5.86. The van der Waals surface area contributed by atoms with Crippen molar-refractivity contribution in [2.24, 2.45) is 7.05 Å². The number of nitrogen functional groups attached to an aromatic ring is 2. The molecule has 50 heavy (non-hydrogen) atoms. The summed E-state index contributed by atoms with van der Waals surface area (Å²) in [5.41, 5.74) is 9.87. The number of aromatic amines is 2. The summed E-state index contributed by atoms with van der Waals surface area (Å²) in [5.74, 6) is -0.485. The number of nitrogens with one attached hydrogen (secondary N) is 2. The second-order valence-electron chi connectivity index (χ2n) is 12.5. The van der Waals surface area contributed by atoms with Gasteiger partial charge < -0.3 is 51.2 Å². The topological polar surface area (TPSA) is 363 Å². The van der Waals surface area contributed by atoms with Crippen LogP contribution in [0.3, 0.4) is 0 Å². The third-order valence-corrected chi connectivity index (χ3v) is 12.4. The van der Waals surface area contributed by atoms with Crippen molar-refractivity contribution in [2.45, 2.75) is 74.5 Å². The molecule has 6 rings (SSSR count). The van der Waals surface area contributed by atoms with E-state index in [9.17, 15) is 48.9 Å². The van der Waals surface area contributed by atoms with Gasteiger partial charge in [-0.05, 0) is 20.3 Å². The summed E-state index contributed by atoms with van der Waals surface area (Å²) in [4.78, 5) is 62.3. The van der Waals surface area contributed by atoms with Crippen LogP contribution in [0.2, 0.25) is 0 Å². The largest absolute Gasteiger partial charge is 0.479 e. The molecule has 4 aromatic rings. The van der Waals surface area contributed by atoms with Crippen LogP contribution in [0.5, 0.6) is 0 Å². The number of phosphoric ester groups is 1. The molecule has 0 aromatic carbocycles. The SMILES string of the molecule is Cn1c[n+]([C@@H]2O[C@H](COP(=O)(O)OP(=O)(O)C(C)(C)C[C@H]3O[C@@H](n4cnc5c(=O)[nH]c(N)nc54)C(O)[C@H]3O)C(O)C2O)c2nc(N)[nH]c(=O)c21. The van der Waals surface area contributed by atoms with Crippen molar-refractivity contribution in [2.75, 3.05) is 18.1 Å². The van der Waals surface area contributed by atoms with Gasteiger partial charge in [-0.1, -0.05) is 4.98 Å². The number of fused-ring (bicyclic) bond motifs is 2. The maximum absolute atomic E-state index is 13.4. The van der Waals surface area contributed by atoms with Gasteiger partial charge in [0.15, 0.2) is 23.7 Å². The first-order chi connectivity index (χ1) is 23.2. The highest BCUT2D eigenvalue weighted by atomic mass is 31.3. The van der Waals surface area contributed by atoms with Gasteiger partial charge in [-0.2, -0.15) is 4.98 Å². The van der Waals surface area contributed by atoms with Gasteiger partial charge in [-0.3, -0.25) is 37.8 Å². The molecule has 12 N–H and O–H groups in total. The lowest BCUT2D eigenvalue weighted by Gasteiger charge is -2.32. The molecule has 6 heterocycles. The Balaban J connectivity index is 1.12. The van der Waals surface area contributed by atoms with Crippen LogP contribution in [-0.2, 0) is 34.5 Å². The normalized spacial score (nSPS) is 29.9. The summed E-state index contributed by atoms with van der Waals surface area (Å²) in [6.45, 7) is 1.44. The smallest absolute Gasteiger partial charge is 0.388 e. The number of H-pyrrole nitrogens is 2. The van der Waals surface area contributed by atoms with Crippen LogP contribution in [0, 0.1) is 0 Å². The van der Waals surface area contributed by atoms with E-state index in [1.807, 2.05) is 0 Å². The first-order valence-electron chi connectivity index (χ1n) is 14.7. The molecule has 274 valence electrons. The van der Waals surface area contributed by atoms with Gasteiger partial charge in [0.2, 0.25) is 17.7 Å². The number of anilines is 2. The Morgan fingerprint density at radius 1 is 0.980 bits per heavy atom. The Morgan fingerprint density at radius 3 is 2.32 bits per heavy atom. The second kappa shape index (κ2) is 12.5. The Hall–Kier alpha value is -3.64. The van der Waals surface area contributed by atoms with E-state index >= 15 is 0 Å². The molecule has 10 atom stereocenters.